The fraction of sp³-hybridized carbons (Fsp3) is 0.200. The first kappa shape index (κ1) is 22.9. The van der Waals surface area contributed by atoms with Gasteiger partial charge >= 0.3 is 0 Å². The summed E-state index contributed by atoms with van der Waals surface area (Å²) in [6, 6.07) is 9.04. The Balaban J connectivity index is 1.32. The standard InChI is InChI=1S/C25H19FN6O4/c1-2-19(14-3-6-16(26)7-4-14)27-23(34)20-13-32(30-29-20)17-8-5-15-12-31(25(36)18(15)11-17)21-9-10-22(33)28-24(21)35/h1,3-8,11,13,19,21H,9-10,12H2,(H,27,34)(H,28,33,35). The molecule has 36 heavy (non-hydrogen) atoms. The Bertz CT molecular complexity index is 1440. The van der Waals surface area contributed by atoms with Gasteiger partial charge in [-0.1, -0.05) is 29.3 Å². The largest absolute Gasteiger partial charge is 0.333 e. The molecule has 11 heteroatoms. The van der Waals surface area contributed by atoms with Crippen LogP contribution in [0.1, 0.15) is 50.9 Å². The van der Waals surface area contributed by atoms with Crippen LogP contribution in [0.4, 0.5) is 4.39 Å². The summed E-state index contributed by atoms with van der Waals surface area (Å²) >= 11 is 0. The van der Waals surface area contributed by atoms with E-state index >= 15 is 0 Å². The van der Waals surface area contributed by atoms with E-state index in [2.05, 4.69) is 26.9 Å². The number of hydrogen-bond donors (Lipinski definition) is 2. The van der Waals surface area contributed by atoms with E-state index in [1.54, 1.807) is 18.2 Å². The van der Waals surface area contributed by atoms with E-state index < -0.39 is 29.7 Å². The molecule has 0 radical (unpaired) electrons. The second-order valence-electron chi connectivity index (χ2n) is 8.41. The van der Waals surface area contributed by atoms with E-state index in [-0.39, 0.29) is 36.9 Å². The number of terminal acetylenes is 1. The number of nitrogens with zero attached hydrogens (tertiary/aromatic N) is 4. The van der Waals surface area contributed by atoms with Gasteiger partial charge in [0, 0.05) is 18.5 Å². The Labute approximate surface area is 204 Å². The van der Waals surface area contributed by atoms with Crippen LogP contribution in [0.2, 0.25) is 0 Å². The summed E-state index contributed by atoms with van der Waals surface area (Å²) in [4.78, 5) is 50.9. The van der Waals surface area contributed by atoms with Gasteiger partial charge in [0.1, 0.15) is 17.9 Å². The van der Waals surface area contributed by atoms with E-state index in [0.29, 0.717) is 16.8 Å². The van der Waals surface area contributed by atoms with Crippen molar-refractivity contribution in [3.63, 3.8) is 0 Å². The highest BCUT2D eigenvalue weighted by molar-refractivity contribution is 6.05. The Morgan fingerprint density at radius 1 is 1.19 bits per heavy atom. The summed E-state index contributed by atoms with van der Waals surface area (Å²) < 4.78 is 14.5. The lowest BCUT2D eigenvalue weighted by atomic mass is 10.0. The zero-order valence-electron chi connectivity index (χ0n) is 18.8. The molecule has 5 rings (SSSR count). The third kappa shape index (κ3) is 4.20. The number of halogens is 1. The van der Waals surface area contributed by atoms with E-state index in [1.807, 2.05) is 0 Å². The average molecular weight is 486 g/mol. The molecule has 2 aliphatic heterocycles. The molecule has 3 heterocycles. The maximum absolute atomic E-state index is 13.2. The fourth-order valence-corrected chi connectivity index (χ4v) is 4.26. The molecule has 0 bridgehead atoms. The van der Waals surface area contributed by atoms with Crippen LogP contribution in [-0.4, -0.2) is 49.6 Å². The molecule has 0 spiro atoms. The van der Waals surface area contributed by atoms with Crippen LogP contribution in [0.5, 0.6) is 0 Å². The lowest BCUT2D eigenvalue weighted by molar-refractivity contribution is -0.136. The first-order chi connectivity index (χ1) is 17.3. The Hall–Kier alpha value is -4.85. The number of imide groups is 1. The zero-order chi connectivity index (χ0) is 25.4. The van der Waals surface area contributed by atoms with Crippen molar-refractivity contribution in [1.29, 1.82) is 0 Å². The number of fused-ring (bicyclic) bond motifs is 1. The lowest BCUT2D eigenvalue weighted by Gasteiger charge is -2.29. The molecule has 2 aliphatic rings. The van der Waals surface area contributed by atoms with Gasteiger partial charge in [0.05, 0.1) is 11.9 Å². The zero-order valence-corrected chi connectivity index (χ0v) is 18.8. The van der Waals surface area contributed by atoms with Gasteiger partial charge in [-0.3, -0.25) is 24.5 Å². The minimum absolute atomic E-state index is 0.00522. The molecule has 1 aromatic heterocycles. The quantitative estimate of drug-likeness (QED) is 0.413. The minimum atomic E-state index is -0.792. The van der Waals surface area contributed by atoms with Gasteiger partial charge in [-0.2, -0.15) is 0 Å². The minimum Gasteiger partial charge on any atom is -0.333 e. The molecule has 2 N–H and O–H groups in total. The Morgan fingerprint density at radius 2 is 1.97 bits per heavy atom. The second kappa shape index (κ2) is 9.07. The van der Waals surface area contributed by atoms with Crippen LogP contribution in [-0.2, 0) is 16.1 Å². The fourth-order valence-electron chi connectivity index (χ4n) is 4.26. The van der Waals surface area contributed by atoms with Crippen LogP contribution in [0, 0.1) is 18.2 Å². The lowest BCUT2D eigenvalue weighted by Crippen LogP contribution is -2.52. The highest BCUT2D eigenvalue weighted by Gasteiger charge is 2.39. The van der Waals surface area contributed by atoms with Crippen molar-refractivity contribution in [3.05, 3.63) is 76.9 Å². The van der Waals surface area contributed by atoms with Gasteiger partial charge in [0.15, 0.2) is 5.69 Å². The third-order valence-corrected chi connectivity index (χ3v) is 6.15. The van der Waals surface area contributed by atoms with Gasteiger partial charge in [0.2, 0.25) is 11.8 Å². The molecular weight excluding hydrogens is 467 g/mol. The predicted molar refractivity (Wildman–Crippen MR) is 123 cm³/mol. The average Bonchev–Trinajstić information content (AvgIpc) is 3.48. The second-order valence-corrected chi connectivity index (χ2v) is 8.41. The first-order valence-electron chi connectivity index (χ1n) is 11.1. The monoisotopic (exact) mass is 486 g/mol. The summed E-state index contributed by atoms with van der Waals surface area (Å²) in [5, 5.41) is 12.8. The van der Waals surface area contributed by atoms with Gasteiger partial charge in [-0.25, -0.2) is 9.07 Å². The molecule has 1 saturated heterocycles. The van der Waals surface area contributed by atoms with Crippen molar-refractivity contribution in [2.24, 2.45) is 0 Å². The first-order valence-corrected chi connectivity index (χ1v) is 11.1. The number of hydrogen-bond acceptors (Lipinski definition) is 6. The van der Waals surface area contributed by atoms with Crippen molar-refractivity contribution < 1.29 is 23.6 Å². The van der Waals surface area contributed by atoms with E-state index in [9.17, 15) is 23.6 Å². The molecule has 0 saturated carbocycles. The summed E-state index contributed by atoms with van der Waals surface area (Å²) in [5.41, 5.74) is 2.17. The maximum atomic E-state index is 13.2. The van der Waals surface area contributed by atoms with Gasteiger partial charge in [-0.05, 0) is 41.8 Å². The molecule has 1 fully saturated rings. The number of aromatic nitrogens is 3. The molecular formula is C25H19FN6O4. The van der Waals surface area contributed by atoms with E-state index in [0.717, 1.165) is 5.56 Å². The molecule has 180 valence electrons. The SMILES string of the molecule is C#CC(NC(=O)c1cn(-c2ccc3c(c2)C(=O)N(C2CCC(=O)NC2=O)C3)nn1)c1ccc(F)cc1. The molecule has 3 aromatic rings. The summed E-state index contributed by atoms with van der Waals surface area (Å²) in [7, 11) is 0. The Morgan fingerprint density at radius 3 is 2.69 bits per heavy atom. The highest BCUT2D eigenvalue weighted by atomic mass is 19.1. The molecule has 4 amide bonds. The number of benzene rings is 2. The third-order valence-electron chi connectivity index (χ3n) is 6.15. The summed E-state index contributed by atoms with van der Waals surface area (Å²) in [6.45, 7) is 0.253. The normalized spacial score (nSPS) is 17.8. The van der Waals surface area contributed by atoms with Gasteiger partial charge in [-0.15, -0.1) is 11.5 Å². The molecule has 0 aliphatic carbocycles. The van der Waals surface area contributed by atoms with Crippen LogP contribution in [0.25, 0.3) is 5.69 Å². The molecule has 2 unspecified atom stereocenters. The Kier molecular flexibility index (Phi) is 5.77. The maximum Gasteiger partial charge on any atom is 0.274 e. The topological polar surface area (TPSA) is 126 Å². The summed E-state index contributed by atoms with van der Waals surface area (Å²) in [6.07, 6.45) is 7.38. The van der Waals surface area contributed by atoms with Crippen molar-refractivity contribution in [1.82, 2.24) is 30.5 Å². The van der Waals surface area contributed by atoms with Crippen LogP contribution >= 0.6 is 0 Å². The van der Waals surface area contributed by atoms with Crippen molar-refractivity contribution in [3.8, 4) is 18.0 Å². The van der Waals surface area contributed by atoms with Gasteiger partial charge < -0.3 is 10.2 Å². The van der Waals surface area contributed by atoms with E-state index in [1.165, 1.54) is 40.0 Å². The predicted octanol–water partition coefficient (Wildman–Crippen LogP) is 1.27. The molecule has 2 aromatic carbocycles. The highest BCUT2D eigenvalue weighted by Crippen LogP contribution is 2.29. The number of carbonyl (C=O) groups excluding carboxylic acids is 4. The molecule has 10 nitrogen and oxygen atoms in total. The van der Waals surface area contributed by atoms with Crippen molar-refractivity contribution >= 4 is 23.6 Å². The van der Waals surface area contributed by atoms with Crippen molar-refractivity contribution in [2.75, 3.05) is 0 Å². The van der Waals surface area contributed by atoms with E-state index in [4.69, 9.17) is 6.42 Å². The number of nitrogens with one attached hydrogen (secondary N) is 2. The number of carbonyl (C=O) groups is 4. The van der Waals surface area contributed by atoms with Crippen LogP contribution in [0.3, 0.4) is 0 Å². The molecule has 2 atom stereocenters. The van der Waals surface area contributed by atoms with Crippen LogP contribution in [0.15, 0.2) is 48.7 Å². The smallest absolute Gasteiger partial charge is 0.274 e. The number of piperidine rings is 1. The number of amides is 4. The van der Waals surface area contributed by atoms with Gasteiger partial charge in [0.25, 0.3) is 11.8 Å². The number of rotatable bonds is 5. The van der Waals surface area contributed by atoms with Crippen LogP contribution < -0.4 is 10.6 Å². The summed E-state index contributed by atoms with van der Waals surface area (Å²) in [5.74, 6) is 0.302. The van der Waals surface area contributed by atoms with Crippen molar-refractivity contribution in [2.45, 2.75) is 31.5 Å².